The summed E-state index contributed by atoms with van der Waals surface area (Å²) in [6.45, 7) is 6.57. The number of nitrogens with one attached hydrogen (secondary N) is 1. The van der Waals surface area contributed by atoms with Crippen LogP contribution in [0.1, 0.15) is 37.1 Å². The number of β-amino-alcohol motifs (C(OH)–C–C–N with tert-alkyl or cyclic N) is 1. The number of sulfone groups is 1. The molecule has 0 radical (unpaired) electrons. The number of nitriles is 1. The van der Waals surface area contributed by atoms with E-state index in [4.69, 9.17) is 11.6 Å². The van der Waals surface area contributed by atoms with Crippen molar-refractivity contribution in [2.45, 2.75) is 30.7 Å². The molecule has 3 heterocycles. The molecule has 0 bridgehead atoms. The summed E-state index contributed by atoms with van der Waals surface area (Å²) < 4.78 is 24.6. The van der Waals surface area contributed by atoms with E-state index in [-0.39, 0.29) is 17.2 Å². The number of aromatic nitrogens is 2. The van der Waals surface area contributed by atoms with E-state index in [2.05, 4.69) is 31.2 Å². The Labute approximate surface area is 211 Å². The molecule has 0 spiro atoms. The summed E-state index contributed by atoms with van der Waals surface area (Å²) in [5.74, 6) is 2.19. The van der Waals surface area contributed by atoms with E-state index in [1.165, 1.54) is 12.5 Å². The molecule has 35 heavy (non-hydrogen) atoms. The fraction of sp³-hybridized carbons (Fsp3) is 0.542. The largest absolute Gasteiger partial charge is 0.395 e. The predicted molar refractivity (Wildman–Crippen MR) is 135 cm³/mol. The third kappa shape index (κ3) is 5.86. The highest BCUT2D eigenvalue weighted by Crippen LogP contribution is 2.34. The maximum atomic E-state index is 12.3. The lowest BCUT2D eigenvalue weighted by Crippen LogP contribution is -2.54. The maximum Gasteiger partial charge on any atom is 0.183 e. The quantitative estimate of drug-likeness (QED) is 0.543. The molecular formula is C24H31ClN6O3S. The number of likely N-dealkylation sites (tertiary alicyclic amines) is 1. The Bertz CT molecular complexity index is 1210. The zero-order valence-electron chi connectivity index (χ0n) is 20.0. The van der Waals surface area contributed by atoms with Crippen LogP contribution in [0.2, 0.25) is 5.02 Å². The van der Waals surface area contributed by atoms with Crippen LogP contribution in [0, 0.1) is 23.2 Å². The van der Waals surface area contributed by atoms with Crippen molar-refractivity contribution in [3.63, 3.8) is 0 Å². The lowest BCUT2D eigenvalue weighted by Gasteiger charge is -2.47. The van der Waals surface area contributed by atoms with E-state index in [0.29, 0.717) is 34.1 Å². The zero-order chi connectivity index (χ0) is 25.2. The number of anilines is 2. The normalized spacial score (nSPS) is 20.2. The molecule has 2 fully saturated rings. The van der Waals surface area contributed by atoms with Gasteiger partial charge < -0.3 is 20.2 Å². The molecule has 0 aliphatic carbocycles. The molecule has 2 N–H and O–H groups in total. The Morgan fingerprint density at radius 1 is 1.31 bits per heavy atom. The summed E-state index contributed by atoms with van der Waals surface area (Å²) in [4.78, 5) is 13.6. The molecule has 4 rings (SSSR count). The van der Waals surface area contributed by atoms with Gasteiger partial charge in [-0.25, -0.2) is 18.4 Å². The second-order valence-electron chi connectivity index (χ2n) is 9.45. The molecule has 188 valence electrons. The van der Waals surface area contributed by atoms with Gasteiger partial charge in [0.15, 0.2) is 21.3 Å². The predicted octanol–water partition coefficient (Wildman–Crippen LogP) is 2.72. The van der Waals surface area contributed by atoms with Crippen molar-refractivity contribution < 1.29 is 13.5 Å². The SMILES string of the molecule is CC(Nc1nc(N2CC([C@H]3CCCN(CCO)C3)C2)cnc1C#N)c1ccc(Cl)cc1S(C)(=O)=O. The van der Waals surface area contributed by atoms with Crippen LogP contribution in [0.3, 0.4) is 0 Å². The van der Waals surface area contributed by atoms with Gasteiger partial charge in [-0.1, -0.05) is 17.7 Å². The van der Waals surface area contributed by atoms with Crippen LogP contribution in [0.5, 0.6) is 0 Å². The number of hydrogen-bond acceptors (Lipinski definition) is 9. The first-order valence-electron chi connectivity index (χ1n) is 11.8. The Hall–Kier alpha value is -2.45. The van der Waals surface area contributed by atoms with Crippen LogP contribution < -0.4 is 10.2 Å². The molecule has 2 saturated heterocycles. The van der Waals surface area contributed by atoms with Crippen molar-refractivity contribution in [2.75, 3.05) is 55.8 Å². The minimum atomic E-state index is -3.50. The Balaban J connectivity index is 1.48. The van der Waals surface area contributed by atoms with Crippen molar-refractivity contribution in [3.05, 3.63) is 40.7 Å². The first-order valence-corrected chi connectivity index (χ1v) is 14.1. The number of nitrogens with zero attached hydrogens (tertiary/aromatic N) is 5. The highest BCUT2D eigenvalue weighted by atomic mass is 35.5. The minimum absolute atomic E-state index is 0.140. The van der Waals surface area contributed by atoms with Crippen molar-refractivity contribution in [1.29, 1.82) is 5.26 Å². The van der Waals surface area contributed by atoms with Gasteiger partial charge in [0.05, 0.1) is 23.7 Å². The van der Waals surface area contributed by atoms with Crippen molar-refractivity contribution in [3.8, 4) is 6.07 Å². The third-order valence-corrected chi connectivity index (χ3v) is 8.31. The molecule has 0 saturated carbocycles. The van der Waals surface area contributed by atoms with Gasteiger partial charge in [-0.2, -0.15) is 5.26 Å². The second-order valence-corrected chi connectivity index (χ2v) is 11.9. The van der Waals surface area contributed by atoms with Crippen LogP contribution in [0.25, 0.3) is 0 Å². The number of halogens is 1. The molecule has 2 aromatic rings. The fourth-order valence-electron chi connectivity index (χ4n) is 5.00. The van der Waals surface area contributed by atoms with Gasteiger partial charge >= 0.3 is 0 Å². The number of aliphatic hydroxyl groups is 1. The number of aliphatic hydroxyl groups excluding tert-OH is 1. The zero-order valence-corrected chi connectivity index (χ0v) is 21.6. The van der Waals surface area contributed by atoms with Crippen LogP contribution in [-0.2, 0) is 9.84 Å². The van der Waals surface area contributed by atoms with Crippen LogP contribution >= 0.6 is 11.6 Å². The average molecular weight is 519 g/mol. The Kier molecular flexibility index (Phi) is 7.81. The van der Waals surface area contributed by atoms with Crippen molar-refractivity contribution in [1.82, 2.24) is 14.9 Å². The van der Waals surface area contributed by atoms with Crippen LogP contribution in [0.15, 0.2) is 29.3 Å². The molecule has 2 atom stereocenters. The fourth-order valence-corrected chi connectivity index (χ4v) is 6.25. The van der Waals surface area contributed by atoms with Gasteiger partial charge in [-0.05, 0) is 55.8 Å². The van der Waals surface area contributed by atoms with Crippen LogP contribution in [0.4, 0.5) is 11.6 Å². The highest BCUT2D eigenvalue weighted by molar-refractivity contribution is 7.90. The average Bonchev–Trinajstić information content (AvgIpc) is 2.78. The molecule has 11 heteroatoms. The topological polar surface area (TPSA) is 122 Å². The third-order valence-electron chi connectivity index (χ3n) is 6.92. The summed E-state index contributed by atoms with van der Waals surface area (Å²) in [7, 11) is -3.50. The number of rotatable bonds is 8. The van der Waals surface area contributed by atoms with E-state index in [1.807, 2.05) is 6.92 Å². The summed E-state index contributed by atoms with van der Waals surface area (Å²) in [5.41, 5.74) is 0.696. The standard InChI is InChI=1S/C24H31ClN6O3S/c1-16(20-6-5-19(25)10-22(20)35(2,33)34)28-24-21(11-26)27-12-23(29-24)31-14-18(15-31)17-4-3-7-30(13-17)8-9-32/h5-6,10,12,16-18,32H,3-4,7-9,13-15H2,1-2H3,(H,28,29)/t16?,17-/m0/s1. The first-order chi connectivity index (χ1) is 16.7. The maximum absolute atomic E-state index is 12.3. The van der Waals surface area contributed by atoms with Crippen molar-refractivity contribution in [2.24, 2.45) is 11.8 Å². The molecule has 2 aliphatic rings. The van der Waals surface area contributed by atoms with Gasteiger partial charge in [-0.3, -0.25) is 0 Å². The van der Waals surface area contributed by atoms with E-state index in [9.17, 15) is 18.8 Å². The molecule has 1 aromatic heterocycles. The molecule has 9 nitrogen and oxygen atoms in total. The minimum Gasteiger partial charge on any atom is -0.395 e. The van der Waals surface area contributed by atoms with Gasteiger partial charge in [-0.15, -0.1) is 0 Å². The molecule has 2 aliphatic heterocycles. The number of piperidine rings is 1. The summed E-state index contributed by atoms with van der Waals surface area (Å²) in [6.07, 6.45) is 5.12. The van der Waals surface area contributed by atoms with Crippen molar-refractivity contribution >= 4 is 33.1 Å². The molecule has 0 amide bonds. The lowest BCUT2D eigenvalue weighted by atomic mass is 9.80. The monoisotopic (exact) mass is 518 g/mol. The van der Waals surface area contributed by atoms with Gasteiger partial charge in [0.1, 0.15) is 11.9 Å². The van der Waals surface area contributed by atoms with Crippen LogP contribution in [-0.4, -0.2) is 74.0 Å². The van der Waals surface area contributed by atoms with E-state index in [1.54, 1.807) is 18.3 Å². The van der Waals surface area contributed by atoms with E-state index < -0.39 is 15.9 Å². The molecule has 1 unspecified atom stereocenters. The van der Waals surface area contributed by atoms with Gasteiger partial charge in [0, 0.05) is 37.5 Å². The Morgan fingerprint density at radius 2 is 2.09 bits per heavy atom. The molecular weight excluding hydrogens is 488 g/mol. The summed E-state index contributed by atoms with van der Waals surface area (Å²) in [5, 5.41) is 22.3. The highest BCUT2D eigenvalue weighted by Gasteiger charge is 2.36. The van der Waals surface area contributed by atoms with E-state index >= 15 is 0 Å². The van der Waals surface area contributed by atoms with E-state index in [0.717, 1.165) is 45.4 Å². The van der Waals surface area contributed by atoms with Gasteiger partial charge in [0.2, 0.25) is 0 Å². The van der Waals surface area contributed by atoms with Gasteiger partial charge in [0.25, 0.3) is 0 Å². The number of benzene rings is 1. The second kappa shape index (κ2) is 10.7. The first kappa shape index (κ1) is 25.6. The molecule has 1 aromatic carbocycles. The summed E-state index contributed by atoms with van der Waals surface area (Å²) in [6, 6.07) is 6.37. The lowest BCUT2D eigenvalue weighted by molar-refractivity contribution is 0.101. The number of hydrogen-bond donors (Lipinski definition) is 2. The summed E-state index contributed by atoms with van der Waals surface area (Å²) >= 11 is 6.04. The smallest absolute Gasteiger partial charge is 0.183 e. The Morgan fingerprint density at radius 3 is 2.77 bits per heavy atom.